The second-order valence-corrected chi connectivity index (χ2v) is 5.69. The van der Waals surface area contributed by atoms with Gasteiger partial charge in [-0.15, -0.1) is 0 Å². The SMILES string of the molecule is COc1ccc(OC)c(/C=C/C(=O)NCC2CCCCC2)c1. The molecule has 1 saturated carbocycles. The zero-order valence-electron chi connectivity index (χ0n) is 13.4. The molecule has 1 N–H and O–H groups in total. The highest BCUT2D eigenvalue weighted by Crippen LogP contribution is 2.25. The Hall–Kier alpha value is -1.97. The lowest BCUT2D eigenvalue weighted by molar-refractivity contribution is -0.116. The fourth-order valence-corrected chi connectivity index (χ4v) is 2.83. The maximum Gasteiger partial charge on any atom is 0.244 e. The van der Waals surface area contributed by atoms with E-state index in [1.807, 2.05) is 18.2 Å². The van der Waals surface area contributed by atoms with Crippen molar-refractivity contribution in [1.82, 2.24) is 5.32 Å². The van der Waals surface area contributed by atoms with Gasteiger partial charge in [0.2, 0.25) is 5.91 Å². The minimum atomic E-state index is -0.0598. The maximum absolute atomic E-state index is 11.9. The van der Waals surface area contributed by atoms with Crippen LogP contribution in [0, 0.1) is 5.92 Å². The maximum atomic E-state index is 11.9. The van der Waals surface area contributed by atoms with Gasteiger partial charge in [0.25, 0.3) is 0 Å². The third kappa shape index (κ3) is 4.79. The van der Waals surface area contributed by atoms with Gasteiger partial charge in [0, 0.05) is 18.2 Å². The molecule has 4 heteroatoms. The fourth-order valence-electron chi connectivity index (χ4n) is 2.83. The molecule has 22 heavy (non-hydrogen) atoms. The Kier molecular flexibility index (Phi) is 6.31. The lowest BCUT2D eigenvalue weighted by atomic mass is 9.89. The van der Waals surface area contributed by atoms with Gasteiger partial charge in [0.15, 0.2) is 0 Å². The van der Waals surface area contributed by atoms with Crippen LogP contribution in [0.15, 0.2) is 24.3 Å². The van der Waals surface area contributed by atoms with Crippen molar-refractivity contribution in [2.45, 2.75) is 32.1 Å². The van der Waals surface area contributed by atoms with E-state index in [2.05, 4.69) is 5.32 Å². The van der Waals surface area contributed by atoms with Crippen LogP contribution in [0.4, 0.5) is 0 Å². The molecule has 0 bridgehead atoms. The van der Waals surface area contributed by atoms with E-state index in [0.717, 1.165) is 23.6 Å². The largest absolute Gasteiger partial charge is 0.497 e. The van der Waals surface area contributed by atoms with Crippen LogP contribution in [0.2, 0.25) is 0 Å². The number of hydrogen-bond acceptors (Lipinski definition) is 3. The minimum absolute atomic E-state index is 0.0598. The van der Waals surface area contributed by atoms with Gasteiger partial charge in [0.05, 0.1) is 14.2 Å². The predicted molar refractivity (Wildman–Crippen MR) is 88.2 cm³/mol. The molecule has 1 aliphatic rings. The first-order valence-electron chi connectivity index (χ1n) is 7.91. The zero-order valence-corrected chi connectivity index (χ0v) is 13.4. The van der Waals surface area contributed by atoms with Gasteiger partial charge >= 0.3 is 0 Å². The monoisotopic (exact) mass is 303 g/mol. The number of carbonyl (C=O) groups excluding carboxylic acids is 1. The summed E-state index contributed by atoms with van der Waals surface area (Å²) in [4.78, 5) is 11.9. The molecular formula is C18H25NO3. The Labute approximate surface area is 132 Å². The Morgan fingerprint density at radius 2 is 2.00 bits per heavy atom. The number of ether oxygens (including phenoxy) is 2. The lowest BCUT2D eigenvalue weighted by Gasteiger charge is -2.21. The van der Waals surface area contributed by atoms with Gasteiger partial charge in [-0.25, -0.2) is 0 Å². The number of nitrogens with one attached hydrogen (secondary N) is 1. The molecule has 0 heterocycles. The van der Waals surface area contributed by atoms with Crippen LogP contribution in [0.1, 0.15) is 37.7 Å². The molecule has 0 atom stereocenters. The summed E-state index contributed by atoms with van der Waals surface area (Å²) in [6.07, 6.45) is 9.69. The molecule has 0 radical (unpaired) electrons. The summed E-state index contributed by atoms with van der Waals surface area (Å²) in [6, 6.07) is 5.52. The van der Waals surface area contributed by atoms with Crippen LogP contribution in [-0.2, 0) is 4.79 Å². The van der Waals surface area contributed by atoms with E-state index in [1.165, 1.54) is 32.1 Å². The van der Waals surface area contributed by atoms with Gasteiger partial charge in [-0.2, -0.15) is 0 Å². The van der Waals surface area contributed by atoms with Crippen molar-refractivity contribution in [1.29, 1.82) is 0 Å². The highest BCUT2D eigenvalue weighted by molar-refractivity contribution is 5.92. The molecular weight excluding hydrogens is 278 g/mol. The highest BCUT2D eigenvalue weighted by Gasteiger charge is 2.13. The molecule has 0 saturated heterocycles. The molecule has 120 valence electrons. The summed E-state index contributed by atoms with van der Waals surface area (Å²) in [5, 5.41) is 2.99. The van der Waals surface area contributed by atoms with E-state index in [4.69, 9.17) is 9.47 Å². The van der Waals surface area contributed by atoms with Gasteiger partial charge in [-0.05, 0) is 43.0 Å². The molecule has 0 aliphatic heterocycles. The van der Waals surface area contributed by atoms with Crippen molar-refractivity contribution in [2.75, 3.05) is 20.8 Å². The van der Waals surface area contributed by atoms with Crippen molar-refractivity contribution >= 4 is 12.0 Å². The van der Waals surface area contributed by atoms with E-state index < -0.39 is 0 Å². The molecule has 1 fully saturated rings. The normalized spacial score (nSPS) is 15.7. The average molecular weight is 303 g/mol. The minimum Gasteiger partial charge on any atom is -0.497 e. The van der Waals surface area contributed by atoms with Gasteiger partial charge in [0.1, 0.15) is 11.5 Å². The lowest BCUT2D eigenvalue weighted by Crippen LogP contribution is -2.28. The number of amides is 1. The first-order chi connectivity index (χ1) is 10.7. The van der Waals surface area contributed by atoms with Crippen LogP contribution in [0.25, 0.3) is 6.08 Å². The van der Waals surface area contributed by atoms with E-state index in [9.17, 15) is 4.79 Å². The third-order valence-corrected chi connectivity index (χ3v) is 4.14. The zero-order chi connectivity index (χ0) is 15.8. The summed E-state index contributed by atoms with van der Waals surface area (Å²) < 4.78 is 10.5. The first-order valence-corrected chi connectivity index (χ1v) is 7.91. The second kappa shape index (κ2) is 8.47. The predicted octanol–water partition coefficient (Wildman–Crippen LogP) is 3.41. The Bertz CT molecular complexity index is 519. The molecule has 0 aromatic heterocycles. The first kappa shape index (κ1) is 16.4. The number of carbonyl (C=O) groups is 1. The summed E-state index contributed by atoms with van der Waals surface area (Å²) >= 11 is 0. The summed E-state index contributed by atoms with van der Waals surface area (Å²) in [5.74, 6) is 2.04. The summed E-state index contributed by atoms with van der Waals surface area (Å²) in [6.45, 7) is 0.776. The molecule has 4 nitrogen and oxygen atoms in total. The molecule has 1 aromatic carbocycles. The van der Waals surface area contributed by atoms with Crippen LogP contribution in [0.3, 0.4) is 0 Å². The van der Waals surface area contributed by atoms with Gasteiger partial charge < -0.3 is 14.8 Å². The number of hydrogen-bond donors (Lipinski definition) is 1. The third-order valence-electron chi connectivity index (χ3n) is 4.14. The summed E-state index contributed by atoms with van der Waals surface area (Å²) in [5.41, 5.74) is 0.828. The van der Waals surface area contributed by atoms with E-state index in [0.29, 0.717) is 5.92 Å². The van der Waals surface area contributed by atoms with E-state index in [-0.39, 0.29) is 5.91 Å². The molecule has 0 spiro atoms. The van der Waals surface area contributed by atoms with Gasteiger partial charge in [-0.1, -0.05) is 19.3 Å². The van der Waals surface area contributed by atoms with Crippen molar-refractivity contribution in [3.8, 4) is 11.5 Å². The topological polar surface area (TPSA) is 47.6 Å². The molecule has 0 unspecified atom stereocenters. The number of benzene rings is 1. The van der Waals surface area contributed by atoms with Gasteiger partial charge in [-0.3, -0.25) is 4.79 Å². The molecule has 1 aromatic rings. The highest BCUT2D eigenvalue weighted by atomic mass is 16.5. The van der Waals surface area contributed by atoms with Crippen LogP contribution >= 0.6 is 0 Å². The number of methoxy groups -OCH3 is 2. The van der Waals surface area contributed by atoms with Crippen molar-refractivity contribution in [3.05, 3.63) is 29.8 Å². The number of rotatable bonds is 6. The van der Waals surface area contributed by atoms with Crippen molar-refractivity contribution < 1.29 is 14.3 Å². The smallest absolute Gasteiger partial charge is 0.244 e. The quantitative estimate of drug-likeness (QED) is 0.819. The molecule has 1 aliphatic carbocycles. The molecule has 1 amide bonds. The van der Waals surface area contributed by atoms with Crippen LogP contribution < -0.4 is 14.8 Å². The van der Waals surface area contributed by atoms with Crippen LogP contribution in [-0.4, -0.2) is 26.7 Å². The fraction of sp³-hybridized carbons (Fsp3) is 0.500. The summed E-state index contributed by atoms with van der Waals surface area (Å²) in [7, 11) is 3.23. The Morgan fingerprint density at radius 1 is 1.23 bits per heavy atom. The van der Waals surface area contributed by atoms with E-state index in [1.54, 1.807) is 26.4 Å². The van der Waals surface area contributed by atoms with Crippen molar-refractivity contribution in [3.63, 3.8) is 0 Å². The van der Waals surface area contributed by atoms with E-state index >= 15 is 0 Å². The molecule has 2 rings (SSSR count). The van der Waals surface area contributed by atoms with Crippen LogP contribution in [0.5, 0.6) is 11.5 Å². The average Bonchev–Trinajstić information content (AvgIpc) is 2.58. The Balaban J connectivity index is 1.91. The Morgan fingerprint density at radius 3 is 2.68 bits per heavy atom. The van der Waals surface area contributed by atoms with Crippen molar-refractivity contribution in [2.24, 2.45) is 5.92 Å². The standard InChI is InChI=1S/C18H25NO3/c1-21-16-9-10-17(22-2)15(12-16)8-11-18(20)19-13-14-6-4-3-5-7-14/h8-12,14H,3-7,13H2,1-2H3,(H,19,20)/b11-8+. The second-order valence-electron chi connectivity index (χ2n) is 5.69.